The molecule has 2 heteroatoms. The zero-order valence-electron chi connectivity index (χ0n) is 9.52. The first-order valence-corrected chi connectivity index (χ1v) is 2.89. The van der Waals surface area contributed by atoms with Crippen LogP contribution in [-0.2, 0) is 9.10 Å². The first-order valence-electron chi connectivity index (χ1n) is 4.39. The number of methoxy groups -OCH3 is 1. The second-order valence-corrected chi connectivity index (χ2v) is 2.91. The summed E-state index contributed by atoms with van der Waals surface area (Å²) < 4.78 is 28.6. The van der Waals surface area contributed by atoms with Crippen molar-refractivity contribution in [1.82, 2.24) is 0 Å². The van der Waals surface area contributed by atoms with Crippen LogP contribution in [0.5, 0.6) is 0 Å². The highest BCUT2D eigenvalue weighted by molar-refractivity contribution is 4.60. The van der Waals surface area contributed by atoms with Gasteiger partial charge in [0.2, 0.25) is 0 Å². The van der Waals surface area contributed by atoms with Gasteiger partial charge in [0.05, 0.1) is 0 Å². The SMILES string of the molecule is [2H]C([2H])([2H])[O+](COC)C(C)(C)C. The van der Waals surface area contributed by atoms with Crippen LogP contribution in [0.3, 0.4) is 0 Å². The van der Waals surface area contributed by atoms with Crippen molar-refractivity contribution in [1.29, 1.82) is 0 Å². The fourth-order valence-electron chi connectivity index (χ4n) is 0.295. The van der Waals surface area contributed by atoms with Crippen molar-refractivity contribution >= 4 is 0 Å². The molecule has 0 N–H and O–H groups in total. The maximum atomic E-state index is 7.19. The van der Waals surface area contributed by atoms with Gasteiger partial charge in [0.25, 0.3) is 6.79 Å². The van der Waals surface area contributed by atoms with Crippen LogP contribution in [-0.4, -0.2) is 26.5 Å². The maximum absolute atomic E-state index is 7.19. The van der Waals surface area contributed by atoms with E-state index >= 15 is 0 Å². The van der Waals surface area contributed by atoms with E-state index in [-0.39, 0.29) is 6.79 Å². The van der Waals surface area contributed by atoms with Gasteiger partial charge in [-0.2, -0.15) is 0 Å². The molecule has 0 aromatic rings. The minimum atomic E-state index is -2.17. The summed E-state index contributed by atoms with van der Waals surface area (Å²) in [6.45, 7) is 5.47. The van der Waals surface area contributed by atoms with Gasteiger partial charge in [0.15, 0.2) is 5.60 Å². The monoisotopic (exact) mass is 136 g/mol. The Bertz CT molecular complexity index is 123. The van der Waals surface area contributed by atoms with E-state index in [9.17, 15) is 0 Å². The largest absolute Gasteiger partial charge is 0.399 e. The van der Waals surface area contributed by atoms with Crippen molar-refractivity contribution in [3.05, 3.63) is 0 Å². The molecule has 0 rings (SSSR count). The molecular weight excluding hydrogens is 116 g/mol. The normalized spacial score (nSPS) is 19.0. The predicted molar refractivity (Wildman–Crippen MR) is 38.6 cm³/mol. The van der Waals surface area contributed by atoms with Gasteiger partial charge < -0.3 is 9.10 Å². The Balaban J connectivity index is 4.45. The van der Waals surface area contributed by atoms with Crippen LogP contribution >= 0.6 is 0 Å². The molecule has 2 nitrogen and oxygen atoms in total. The highest BCUT2D eigenvalue weighted by atomic mass is 16.8. The lowest BCUT2D eigenvalue weighted by Crippen LogP contribution is -2.31. The van der Waals surface area contributed by atoms with Gasteiger partial charge in [-0.25, -0.2) is 0 Å². The number of hydrogen-bond donors (Lipinski definition) is 0. The van der Waals surface area contributed by atoms with Crippen LogP contribution in [0.15, 0.2) is 0 Å². The van der Waals surface area contributed by atoms with Gasteiger partial charge in [0.1, 0.15) is 11.2 Å². The van der Waals surface area contributed by atoms with Crippen LogP contribution in [0.1, 0.15) is 24.9 Å². The van der Waals surface area contributed by atoms with E-state index in [1.165, 1.54) is 7.11 Å². The molecule has 0 saturated heterocycles. The van der Waals surface area contributed by atoms with Gasteiger partial charge in [0, 0.05) is 27.9 Å². The first kappa shape index (κ1) is 4.69. The Kier molecular flexibility index (Phi) is 1.66. The van der Waals surface area contributed by atoms with Crippen molar-refractivity contribution < 1.29 is 13.2 Å². The van der Waals surface area contributed by atoms with Crippen molar-refractivity contribution in [3.63, 3.8) is 0 Å². The molecule has 56 valence electrons. The van der Waals surface area contributed by atoms with Crippen molar-refractivity contribution in [2.75, 3.05) is 20.9 Å². The van der Waals surface area contributed by atoms with E-state index < -0.39 is 12.6 Å². The fraction of sp³-hybridized carbons (Fsp3) is 1.00. The molecule has 0 aliphatic rings. The van der Waals surface area contributed by atoms with Crippen LogP contribution in [0.4, 0.5) is 0 Å². The fourth-order valence-corrected chi connectivity index (χ4v) is 0.295. The molecule has 0 saturated carbocycles. The average molecular weight is 136 g/mol. The first-order chi connectivity index (χ1) is 5.19. The summed E-state index contributed by atoms with van der Waals surface area (Å²) in [7, 11) is -0.703. The lowest BCUT2D eigenvalue weighted by Gasteiger charge is -2.26. The van der Waals surface area contributed by atoms with E-state index in [4.69, 9.17) is 8.85 Å². The van der Waals surface area contributed by atoms with E-state index in [1.807, 2.05) is 20.8 Å². The predicted octanol–water partition coefficient (Wildman–Crippen LogP) is 1.57. The zero-order chi connectivity index (χ0) is 9.99. The zero-order valence-corrected chi connectivity index (χ0v) is 6.52. The third kappa shape index (κ3) is 3.49. The van der Waals surface area contributed by atoms with Gasteiger partial charge in [-0.1, -0.05) is 0 Å². The molecule has 0 radical (unpaired) electrons. The van der Waals surface area contributed by atoms with Crippen LogP contribution in [0.2, 0.25) is 0 Å². The second-order valence-electron chi connectivity index (χ2n) is 2.91. The molecule has 0 spiro atoms. The molecule has 0 unspecified atom stereocenters. The summed E-state index contributed by atoms with van der Waals surface area (Å²) >= 11 is 0. The van der Waals surface area contributed by atoms with E-state index in [1.54, 1.807) is 0 Å². The molecule has 0 fully saturated rings. The molecule has 0 aromatic carbocycles. The molecule has 9 heavy (non-hydrogen) atoms. The number of ether oxygens (including phenoxy) is 1. The highest BCUT2D eigenvalue weighted by Gasteiger charge is 2.22. The Hall–Kier alpha value is -0.0800. The van der Waals surface area contributed by atoms with E-state index in [0.717, 1.165) is 0 Å². The van der Waals surface area contributed by atoms with Crippen LogP contribution < -0.4 is 0 Å². The molecule has 0 aromatic heterocycles. The minimum absolute atomic E-state index is 0.0417. The van der Waals surface area contributed by atoms with Crippen molar-refractivity contribution in [2.24, 2.45) is 0 Å². The summed E-state index contributed by atoms with van der Waals surface area (Å²) in [5.74, 6) is 0. The summed E-state index contributed by atoms with van der Waals surface area (Å²) in [6, 6.07) is 0. The Morgan fingerprint density at radius 2 is 2.11 bits per heavy atom. The maximum Gasteiger partial charge on any atom is 0.255 e. The Morgan fingerprint density at radius 1 is 1.56 bits per heavy atom. The van der Waals surface area contributed by atoms with Crippen molar-refractivity contribution in [2.45, 2.75) is 26.4 Å². The van der Waals surface area contributed by atoms with E-state index in [2.05, 4.69) is 4.37 Å². The van der Waals surface area contributed by atoms with Gasteiger partial charge in [-0.05, 0) is 0 Å². The quantitative estimate of drug-likeness (QED) is 0.414. The third-order valence-electron chi connectivity index (χ3n) is 0.975. The summed E-state index contributed by atoms with van der Waals surface area (Å²) in [6.07, 6.45) is 0. The summed E-state index contributed by atoms with van der Waals surface area (Å²) in [5, 5.41) is 0. The Morgan fingerprint density at radius 3 is 2.22 bits per heavy atom. The lowest BCUT2D eigenvalue weighted by atomic mass is 10.2. The van der Waals surface area contributed by atoms with Crippen LogP contribution in [0, 0.1) is 0 Å². The summed E-state index contributed by atoms with van der Waals surface area (Å²) in [4.78, 5) is 0. The number of hydrogen-bond acceptors (Lipinski definition) is 1. The molecule has 0 amide bonds. The standard InChI is InChI=1S/C7H17O2/c1-7(2,3)9(5)6-8-4/h6H2,1-5H3/q+1/i5D3. The van der Waals surface area contributed by atoms with E-state index in [0.29, 0.717) is 0 Å². The molecule has 0 aliphatic heterocycles. The average Bonchev–Trinajstić information content (AvgIpc) is 1.77. The molecule has 0 bridgehead atoms. The molecular formula is C7H17O2+. The highest BCUT2D eigenvalue weighted by Crippen LogP contribution is 2.14. The molecule has 0 aliphatic carbocycles. The molecule has 0 heterocycles. The third-order valence-corrected chi connectivity index (χ3v) is 0.975. The Labute approximate surface area is 61.7 Å². The van der Waals surface area contributed by atoms with Crippen molar-refractivity contribution in [3.8, 4) is 0 Å². The van der Waals surface area contributed by atoms with Gasteiger partial charge in [-0.15, -0.1) is 0 Å². The van der Waals surface area contributed by atoms with Crippen LogP contribution in [0.25, 0.3) is 0 Å². The minimum Gasteiger partial charge on any atom is -0.399 e. The summed E-state index contributed by atoms with van der Waals surface area (Å²) in [5.41, 5.74) is -0.485. The van der Waals surface area contributed by atoms with Gasteiger partial charge >= 0.3 is 0 Å². The van der Waals surface area contributed by atoms with Gasteiger partial charge in [-0.3, -0.25) is 0 Å². The second kappa shape index (κ2) is 3.18. The lowest BCUT2D eigenvalue weighted by molar-refractivity contribution is -0.262. The molecule has 0 atom stereocenters. The topological polar surface area (TPSA) is 11.9 Å². The smallest absolute Gasteiger partial charge is 0.255 e. The number of rotatable bonds is 2.